The van der Waals surface area contributed by atoms with Crippen molar-refractivity contribution < 1.29 is 9.18 Å². The molecular formula is C15H13FN4O. The summed E-state index contributed by atoms with van der Waals surface area (Å²) < 4.78 is 15.4. The van der Waals surface area contributed by atoms with E-state index in [1.54, 1.807) is 10.5 Å². The summed E-state index contributed by atoms with van der Waals surface area (Å²) in [5.74, 6) is -0.417. The number of pyridine rings is 1. The first kappa shape index (κ1) is 13.2. The second kappa shape index (κ2) is 5.32. The molecule has 0 aliphatic rings. The Bertz CT molecular complexity index is 812. The van der Waals surface area contributed by atoms with Gasteiger partial charge in [0.2, 0.25) is 0 Å². The van der Waals surface area contributed by atoms with Gasteiger partial charge in [-0.3, -0.25) is 9.20 Å². The second-order valence-corrected chi connectivity index (χ2v) is 4.71. The first-order chi connectivity index (χ1) is 10.1. The van der Waals surface area contributed by atoms with Crippen LogP contribution < -0.4 is 5.32 Å². The minimum Gasteiger partial charge on any atom is -0.345 e. The van der Waals surface area contributed by atoms with Gasteiger partial charge in [0.05, 0.1) is 12.1 Å². The molecule has 0 bridgehead atoms. The zero-order chi connectivity index (χ0) is 14.8. The first-order valence-electron chi connectivity index (χ1n) is 6.48. The highest BCUT2D eigenvalue weighted by Gasteiger charge is 2.13. The highest BCUT2D eigenvalue weighted by Crippen LogP contribution is 2.10. The van der Waals surface area contributed by atoms with Gasteiger partial charge >= 0.3 is 0 Å². The van der Waals surface area contributed by atoms with Crippen molar-refractivity contribution in [2.75, 3.05) is 0 Å². The molecule has 6 heteroatoms. The summed E-state index contributed by atoms with van der Waals surface area (Å²) in [6, 6.07) is 9.95. The number of fused-ring (bicyclic) bond motifs is 1. The fraction of sp³-hybridized carbons (Fsp3) is 0.133. The molecule has 0 spiro atoms. The molecule has 5 nitrogen and oxygen atoms in total. The normalized spacial score (nSPS) is 10.8. The summed E-state index contributed by atoms with van der Waals surface area (Å²) in [4.78, 5) is 12.0. The lowest BCUT2D eigenvalue weighted by Gasteiger charge is -2.06. The van der Waals surface area contributed by atoms with Crippen LogP contribution in [0.3, 0.4) is 0 Å². The van der Waals surface area contributed by atoms with E-state index in [1.165, 1.54) is 12.1 Å². The number of rotatable bonds is 3. The highest BCUT2D eigenvalue weighted by molar-refractivity contribution is 5.94. The van der Waals surface area contributed by atoms with Gasteiger partial charge < -0.3 is 5.32 Å². The third kappa shape index (κ3) is 2.60. The zero-order valence-electron chi connectivity index (χ0n) is 11.4. The second-order valence-electron chi connectivity index (χ2n) is 4.71. The number of aromatic nitrogens is 3. The average molecular weight is 284 g/mol. The maximum absolute atomic E-state index is 13.6. The number of hydrogen-bond acceptors (Lipinski definition) is 3. The number of carbonyl (C=O) groups excluding carboxylic acids is 1. The van der Waals surface area contributed by atoms with E-state index in [4.69, 9.17) is 0 Å². The topological polar surface area (TPSA) is 59.3 Å². The van der Waals surface area contributed by atoms with Crippen molar-refractivity contribution in [3.8, 4) is 0 Å². The minimum absolute atomic E-state index is 0.0313. The average Bonchev–Trinajstić information content (AvgIpc) is 2.90. The Labute approximate surface area is 120 Å². The number of amides is 1. The van der Waals surface area contributed by atoms with E-state index in [0.717, 1.165) is 5.56 Å². The highest BCUT2D eigenvalue weighted by atomic mass is 19.1. The van der Waals surface area contributed by atoms with Crippen molar-refractivity contribution in [3.63, 3.8) is 0 Å². The van der Waals surface area contributed by atoms with Crippen molar-refractivity contribution in [1.82, 2.24) is 19.9 Å². The van der Waals surface area contributed by atoms with Gasteiger partial charge in [-0.1, -0.05) is 17.7 Å². The van der Waals surface area contributed by atoms with Gasteiger partial charge in [0.15, 0.2) is 11.5 Å². The van der Waals surface area contributed by atoms with Crippen LogP contribution in [0, 0.1) is 12.7 Å². The van der Waals surface area contributed by atoms with Crippen molar-refractivity contribution >= 4 is 11.6 Å². The van der Waals surface area contributed by atoms with Crippen LogP contribution in [0.5, 0.6) is 0 Å². The lowest BCUT2D eigenvalue weighted by Crippen LogP contribution is -2.25. The molecule has 1 amide bonds. The van der Waals surface area contributed by atoms with Gasteiger partial charge in [-0.15, -0.1) is 10.2 Å². The lowest BCUT2D eigenvalue weighted by molar-refractivity contribution is 0.0945. The molecule has 2 heterocycles. The third-order valence-electron chi connectivity index (χ3n) is 3.16. The molecule has 0 aliphatic carbocycles. The summed E-state index contributed by atoms with van der Waals surface area (Å²) in [6.07, 6.45) is 1.81. The molecule has 1 aromatic carbocycles. The van der Waals surface area contributed by atoms with Gasteiger partial charge in [0.1, 0.15) is 5.82 Å². The molecule has 0 radical (unpaired) electrons. The van der Waals surface area contributed by atoms with Crippen LogP contribution in [0.25, 0.3) is 5.65 Å². The number of carbonyl (C=O) groups is 1. The molecular weight excluding hydrogens is 271 g/mol. The molecule has 0 saturated carbocycles. The number of nitrogens with zero attached hydrogens (tertiary/aromatic N) is 3. The van der Waals surface area contributed by atoms with Crippen LogP contribution >= 0.6 is 0 Å². The summed E-state index contributed by atoms with van der Waals surface area (Å²) in [6.45, 7) is 1.99. The summed E-state index contributed by atoms with van der Waals surface area (Å²) in [7, 11) is 0. The van der Waals surface area contributed by atoms with E-state index in [0.29, 0.717) is 11.5 Å². The largest absolute Gasteiger partial charge is 0.345 e. The molecule has 106 valence electrons. The van der Waals surface area contributed by atoms with Crippen molar-refractivity contribution in [2.45, 2.75) is 13.5 Å². The Morgan fingerprint density at radius 1 is 1.29 bits per heavy atom. The predicted octanol–water partition coefficient (Wildman–Crippen LogP) is 2.11. The number of benzene rings is 1. The quantitative estimate of drug-likeness (QED) is 0.801. The Kier molecular flexibility index (Phi) is 3.35. The lowest BCUT2D eigenvalue weighted by atomic mass is 10.1. The monoisotopic (exact) mass is 284 g/mol. The smallest absolute Gasteiger partial charge is 0.254 e. The van der Waals surface area contributed by atoms with E-state index < -0.39 is 11.7 Å². The minimum atomic E-state index is -0.538. The Morgan fingerprint density at radius 3 is 3.00 bits per heavy atom. The zero-order valence-corrected chi connectivity index (χ0v) is 11.4. The Morgan fingerprint density at radius 2 is 2.14 bits per heavy atom. The summed E-state index contributed by atoms with van der Waals surface area (Å²) in [5.41, 5.74) is 1.56. The SMILES string of the molecule is Cc1ccc(F)c(C(=O)NCc2nnc3ccccn23)c1. The molecule has 2 aromatic heterocycles. The van der Waals surface area contributed by atoms with E-state index >= 15 is 0 Å². The summed E-state index contributed by atoms with van der Waals surface area (Å²) in [5, 5.41) is 10.7. The molecule has 0 fully saturated rings. The van der Waals surface area contributed by atoms with E-state index in [1.807, 2.05) is 31.3 Å². The predicted molar refractivity (Wildman–Crippen MR) is 75.3 cm³/mol. The Balaban J connectivity index is 1.78. The van der Waals surface area contributed by atoms with Gasteiger partial charge in [0, 0.05) is 6.20 Å². The van der Waals surface area contributed by atoms with Crippen molar-refractivity contribution in [3.05, 3.63) is 65.4 Å². The van der Waals surface area contributed by atoms with Crippen molar-refractivity contribution in [2.24, 2.45) is 0 Å². The third-order valence-corrected chi connectivity index (χ3v) is 3.16. The molecule has 1 N–H and O–H groups in total. The molecule has 0 unspecified atom stereocenters. The number of hydrogen-bond donors (Lipinski definition) is 1. The molecule has 0 aliphatic heterocycles. The number of nitrogens with one attached hydrogen (secondary N) is 1. The van der Waals surface area contributed by atoms with Crippen LogP contribution in [-0.2, 0) is 6.54 Å². The molecule has 0 atom stereocenters. The van der Waals surface area contributed by atoms with E-state index in [-0.39, 0.29) is 12.1 Å². The van der Waals surface area contributed by atoms with E-state index in [2.05, 4.69) is 15.5 Å². The van der Waals surface area contributed by atoms with Crippen LogP contribution in [-0.4, -0.2) is 20.5 Å². The van der Waals surface area contributed by atoms with Gasteiger partial charge in [-0.05, 0) is 31.2 Å². The van der Waals surface area contributed by atoms with Crippen LogP contribution in [0.15, 0.2) is 42.6 Å². The van der Waals surface area contributed by atoms with Gasteiger partial charge in [-0.2, -0.15) is 0 Å². The molecule has 3 aromatic rings. The number of aryl methyl sites for hydroxylation is 1. The first-order valence-corrected chi connectivity index (χ1v) is 6.48. The molecule has 3 rings (SSSR count). The van der Waals surface area contributed by atoms with E-state index in [9.17, 15) is 9.18 Å². The Hall–Kier alpha value is -2.76. The maximum atomic E-state index is 13.6. The van der Waals surface area contributed by atoms with Crippen molar-refractivity contribution in [1.29, 1.82) is 0 Å². The van der Waals surface area contributed by atoms with Gasteiger partial charge in [-0.25, -0.2) is 4.39 Å². The number of halogens is 1. The van der Waals surface area contributed by atoms with Crippen LogP contribution in [0.1, 0.15) is 21.7 Å². The fourth-order valence-electron chi connectivity index (χ4n) is 2.08. The van der Waals surface area contributed by atoms with Crippen LogP contribution in [0.2, 0.25) is 0 Å². The van der Waals surface area contributed by atoms with Gasteiger partial charge in [0.25, 0.3) is 5.91 Å². The summed E-state index contributed by atoms with van der Waals surface area (Å²) >= 11 is 0. The molecule has 0 saturated heterocycles. The maximum Gasteiger partial charge on any atom is 0.254 e. The standard InChI is InChI=1S/C15H13FN4O/c1-10-5-6-12(16)11(8-10)15(21)17-9-14-19-18-13-4-2-3-7-20(13)14/h2-8H,9H2,1H3,(H,17,21). The van der Waals surface area contributed by atoms with Crippen LogP contribution in [0.4, 0.5) is 4.39 Å². The fourth-order valence-corrected chi connectivity index (χ4v) is 2.08. The molecule has 21 heavy (non-hydrogen) atoms.